The van der Waals surface area contributed by atoms with E-state index in [1.54, 1.807) is 9.58 Å². The molecule has 0 aliphatic rings. The van der Waals surface area contributed by atoms with Crippen LogP contribution in [0.25, 0.3) is 0 Å². The van der Waals surface area contributed by atoms with E-state index in [-0.39, 0.29) is 35.1 Å². The molecule has 29 heavy (non-hydrogen) atoms. The van der Waals surface area contributed by atoms with Gasteiger partial charge in [0.25, 0.3) is 0 Å². The molecule has 1 unspecified atom stereocenters. The largest absolute Gasteiger partial charge is 0.333 e. The number of nitrogens with one attached hydrogen (secondary N) is 1. The maximum Gasteiger partial charge on any atom is 0.245 e. The Kier molecular flexibility index (Phi) is 8.48. The lowest BCUT2D eigenvalue weighted by atomic mass is 9.84. The quantitative estimate of drug-likeness (QED) is 0.686. The molecule has 0 saturated heterocycles. The third-order valence-electron chi connectivity index (χ3n) is 4.67. The van der Waals surface area contributed by atoms with E-state index in [0.29, 0.717) is 24.7 Å². The molecule has 1 heterocycles. The maximum absolute atomic E-state index is 12.9. The minimum Gasteiger partial charge on any atom is -0.333 e. The van der Waals surface area contributed by atoms with E-state index in [1.807, 2.05) is 13.1 Å². The average Bonchev–Trinajstić information content (AvgIpc) is 2.85. The lowest BCUT2D eigenvalue weighted by Crippen LogP contribution is -2.41. The summed E-state index contributed by atoms with van der Waals surface area (Å²) in [5.41, 5.74) is 1.01. The highest BCUT2D eigenvalue weighted by atomic mass is 16.2. The molecular formula is C23H42N4O2. The van der Waals surface area contributed by atoms with Crippen LogP contribution < -0.4 is 5.32 Å². The second-order valence-electron chi connectivity index (χ2n) is 11.1. The van der Waals surface area contributed by atoms with Gasteiger partial charge in [-0.2, -0.15) is 5.10 Å². The van der Waals surface area contributed by atoms with Crippen LogP contribution in [0.3, 0.4) is 0 Å². The minimum absolute atomic E-state index is 0.0472. The van der Waals surface area contributed by atoms with E-state index < -0.39 is 0 Å². The molecule has 2 amide bonds. The molecule has 0 aliphatic heterocycles. The normalized spacial score (nSPS) is 13.5. The molecule has 6 heteroatoms. The third kappa shape index (κ3) is 9.01. The molecule has 1 rings (SSSR count). The first-order valence-electron chi connectivity index (χ1n) is 10.7. The Hall–Kier alpha value is -1.85. The van der Waals surface area contributed by atoms with Crippen LogP contribution in [-0.2, 0) is 22.1 Å². The Morgan fingerprint density at radius 1 is 1.14 bits per heavy atom. The predicted molar refractivity (Wildman–Crippen MR) is 120 cm³/mol. The number of amides is 2. The van der Waals surface area contributed by atoms with E-state index >= 15 is 0 Å². The van der Waals surface area contributed by atoms with Crippen molar-refractivity contribution in [1.29, 1.82) is 0 Å². The van der Waals surface area contributed by atoms with Crippen LogP contribution in [0.4, 0.5) is 5.82 Å². The lowest BCUT2D eigenvalue weighted by Gasteiger charge is -2.27. The van der Waals surface area contributed by atoms with Crippen LogP contribution in [0.5, 0.6) is 0 Å². The summed E-state index contributed by atoms with van der Waals surface area (Å²) in [6.07, 6.45) is 1.45. The fraction of sp³-hybridized carbons (Fsp3) is 0.783. The molecule has 1 aromatic rings. The number of hydrogen-bond acceptors (Lipinski definition) is 3. The van der Waals surface area contributed by atoms with Gasteiger partial charge in [0.1, 0.15) is 5.82 Å². The summed E-state index contributed by atoms with van der Waals surface area (Å²) in [7, 11) is 1.82. The maximum atomic E-state index is 12.9. The zero-order valence-corrected chi connectivity index (χ0v) is 20.2. The van der Waals surface area contributed by atoms with Crippen molar-refractivity contribution in [2.75, 3.05) is 18.4 Å². The molecule has 0 saturated carbocycles. The highest BCUT2D eigenvalue weighted by Gasteiger charge is 2.24. The summed E-state index contributed by atoms with van der Waals surface area (Å²) in [6, 6.07) is 1.90. The molecule has 0 fully saturated rings. The van der Waals surface area contributed by atoms with E-state index in [0.717, 1.165) is 12.1 Å². The average molecular weight is 407 g/mol. The SMILES string of the molecule is CC(C)CN(CC(=O)Nc1cc(C(C)(C)C)nn1C)C(=O)CC(C)CC(C)(C)C. The van der Waals surface area contributed by atoms with E-state index in [2.05, 4.69) is 72.7 Å². The summed E-state index contributed by atoms with van der Waals surface area (Å²) >= 11 is 0. The molecule has 166 valence electrons. The third-order valence-corrected chi connectivity index (χ3v) is 4.67. The summed E-state index contributed by atoms with van der Waals surface area (Å²) in [5.74, 6) is 1.09. The molecule has 0 aliphatic carbocycles. The van der Waals surface area contributed by atoms with Gasteiger partial charge in [-0.3, -0.25) is 14.3 Å². The lowest BCUT2D eigenvalue weighted by molar-refractivity contribution is -0.136. The van der Waals surface area contributed by atoms with Gasteiger partial charge in [-0.1, -0.05) is 62.3 Å². The van der Waals surface area contributed by atoms with E-state index in [1.165, 1.54) is 0 Å². The van der Waals surface area contributed by atoms with E-state index in [9.17, 15) is 9.59 Å². The Labute approximate surface area is 177 Å². The highest BCUT2D eigenvalue weighted by molar-refractivity contribution is 5.94. The first-order valence-corrected chi connectivity index (χ1v) is 10.7. The first-order chi connectivity index (χ1) is 13.1. The first kappa shape index (κ1) is 25.2. The summed E-state index contributed by atoms with van der Waals surface area (Å²) in [5, 5.41) is 7.41. The molecule has 0 spiro atoms. The Bertz CT molecular complexity index is 693. The molecular weight excluding hydrogens is 364 g/mol. The standard InChI is InChI=1S/C23H42N4O2/c1-16(2)14-27(21(29)11-17(3)13-22(4,5)6)15-20(28)24-19-12-18(23(7,8)9)25-26(19)10/h12,16-17H,11,13-15H2,1-10H3,(H,24,28). The Balaban J connectivity index is 2.81. The van der Waals surface area contributed by atoms with Gasteiger partial charge in [0, 0.05) is 31.5 Å². The van der Waals surface area contributed by atoms with Gasteiger partial charge in [0.05, 0.1) is 12.2 Å². The number of rotatable bonds is 8. The summed E-state index contributed by atoms with van der Waals surface area (Å²) in [4.78, 5) is 27.3. The second-order valence-corrected chi connectivity index (χ2v) is 11.1. The molecule has 1 atom stereocenters. The van der Waals surface area contributed by atoms with Gasteiger partial charge >= 0.3 is 0 Å². The van der Waals surface area contributed by atoms with Gasteiger partial charge in [-0.15, -0.1) is 0 Å². The van der Waals surface area contributed by atoms with Crippen LogP contribution in [0.15, 0.2) is 6.07 Å². The number of aryl methyl sites for hydroxylation is 1. The highest BCUT2D eigenvalue weighted by Crippen LogP contribution is 2.26. The van der Waals surface area contributed by atoms with Crippen molar-refractivity contribution in [2.24, 2.45) is 24.3 Å². The zero-order chi connectivity index (χ0) is 22.6. The summed E-state index contributed by atoms with van der Waals surface area (Å²) in [6.45, 7) is 19.7. The van der Waals surface area contributed by atoms with E-state index in [4.69, 9.17) is 0 Å². The molecule has 0 aromatic carbocycles. The van der Waals surface area contributed by atoms with Crippen molar-refractivity contribution in [1.82, 2.24) is 14.7 Å². The second kappa shape index (κ2) is 9.77. The van der Waals surface area contributed by atoms with Gasteiger partial charge in [-0.25, -0.2) is 0 Å². The van der Waals surface area contributed by atoms with Crippen molar-refractivity contribution >= 4 is 17.6 Å². The Morgan fingerprint density at radius 2 is 1.72 bits per heavy atom. The predicted octanol–water partition coefficient (Wildman–Crippen LogP) is 4.60. The van der Waals surface area contributed by atoms with Crippen molar-refractivity contribution in [2.45, 2.75) is 80.6 Å². The molecule has 0 bridgehead atoms. The van der Waals surface area contributed by atoms with Crippen LogP contribution in [0, 0.1) is 17.3 Å². The number of anilines is 1. The van der Waals surface area contributed by atoms with Crippen molar-refractivity contribution in [3.63, 3.8) is 0 Å². The van der Waals surface area contributed by atoms with Crippen LogP contribution in [-0.4, -0.2) is 39.6 Å². The molecule has 1 aromatic heterocycles. The fourth-order valence-corrected chi connectivity index (χ4v) is 3.55. The van der Waals surface area contributed by atoms with Crippen LogP contribution in [0.1, 0.15) is 80.8 Å². The molecule has 6 nitrogen and oxygen atoms in total. The smallest absolute Gasteiger partial charge is 0.245 e. The van der Waals surface area contributed by atoms with Crippen LogP contribution >= 0.6 is 0 Å². The van der Waals surface area contributed by atoms with Crippen molar-refractivity contribution in [3.05, 3.63) is 11.8 Å². The van der Waals surface area contributed by atoms with Gasteiger partial charge in [0.2, 0.25) is 11.8 Å². The number of carbonyl (C=O) groups excluding carboxylic acids is 2. The molecule has 1 N–H and O–H groups in total. The van der Waals surface area contributed by atoms with Gasteiger partial charge < -0.3 is 10.2 Å². The fourth-order valence-electron chi connectivity index (χ4n) is 3.55. The summed E-state index contributed by atoms with van der Waals surface area (Å²) < 4.78 is 1.68. The van der Waals surface area contributed by atoms with Crippen molar-refractivity contribution in [3.8, 4) is 0 Å². The minimum atomic E-state index is -0.189. The van der Waals surface area contributed by atoms with Crippen LogP contribution in [0.2, 0.25) is 0 Å². The van der Waals surface area contributed by atoms with Gasteiger partial charge in [-0.05, 0) is 23.7 Å². The van der Waals surface area contributed by atoms with Crippen molar-refractivity contribution < 1.29 is 9.59 Å². The monoisotopic (exact) mass is 406 g/mol. The Morgan fingerprint density at radius 3 is 2.17 bits per heavy atom. The number of aromatic nitrogens is 2. The zero-order valence-electron chi connectivity index (χ0n) is 20.2. The number of carbonyl (C=O) groups is 2. The number of nitrogens with zero attached hydrogens (tertiary/aromatic N) is 3. The molecule has 0 radical (unpaired) electrons. The topological polar surface area (TPSA) is 67.2 Å². The van der Waals surface area contributed by atoms with Gasteiger partial charge in [0.15, 0.2) is 0 Å². The number of hydrogen-bond donors (Lipinski definition) is 1.